The van der Waals surface area contributed by atoms with Crippen molar-refractivity contribution < 1.29 is 9.53 Å². The summed E-state index contributed by atoms with van der Waals surface area (Å²) in [4.78, 5) is 21.0. The molecule has 1 aromatic heterocycles. The molecule has 3 aromatic carbocycles. The number of hydrogen-bond donors (Lipinski definition) is 2. The molecule has 0 fully saturated rings. The molecule has 0 atom stereocenters. The lowest BCUT2D eigenvalue weighted by molar-refractivity contribution is 0.0944. The number of nitrogens with one attached hydrogen (secondary N) is 2. The number of aromatic amines is 1. The highest BCUT2D eigenvalue weighted by atomic mass is 32.2. The number of benzene rings is 3. The van der Waals surface area contributed by atoms with E-state index in [4.69, 9.17) is 4.74 Å². The molecule has 0 saturated carbocycles. The van der Waals surface area contributed by atoms with E-state index in [1.165, 1.54) is 11.1 Å². The summed E-state index contributed by atoms with van der Waals surface area (Å²) in [6.07, 6.45) is 2.02. The highest BCUT2D eigenvalue weighted by Gasteiger charge is 2.20. The molecule has 0 bridgehead atoms. The minimum atomic E-state index is -0.0717. The maximum absolute atomic E-state index is 13.2. The molecule has 0 spiro atoms. The Morgan fingerprint density at radius 3 is 2.68 bits per heavy atom. The lowest BCUT2D eigenvalue weighted by atomic mass is 10.00. The fourth-order valence-electron chi connectivity index (χ4n) is 4.49. The minimum Gasteiger partial charge on any atom is -0.497 e. The fraction of sp³-hybridized carbons (Fsp3) is 0.250. The van der Waals surface area contributed by atoms with Crippen LogP contribution in [0, 0.1) is 0 Å². The third-order valence-corrected chi connectivity index (χ3v) is 7.43. The molecule has 5 nitrogen and oxygen atoms in total. The standard InChI is InChI=1S/C28H29N3O2S/c1-33-22-12-13-24-25(18-22)30-26(27(24)34-23-10-3-2-4-11-23)28(32)29-15-7-16-31-17-14-20-8-5-6-9-21(20)19-31/h2-6,8-13,18,30H,7,14-17,19H2,1H3,(H,29,32). The van der Waals surface area contributed by atoms with Crippen LogP contribution in [0.5, 0.6) is 5.75 Å². The van der Waals surface area contributed by atoms with Crippen molar-refractivity contribution in [1.29, 1.82) is 0 Å². The summed E-state index contributed by atoms with van der Waals surface area (Å²) in [7, 11) is 1.65. The van der Waals surface area contributed by atoms with Gasteiger partial charge in [-0.05, 0) is 48.2 Å². The van der Waals surface area contributed by atoms with Gasteiger partial charge in [0.1, 0.15) is 11.4 Å². The molecule has 1 amide bonds. The summed E-state index contributed by atoms with van der Waals surface area (Å²) < 4.78 is 5.38. The van der Waals surface area contributed by atoms with Gasteiger partial charge in [0.15, 0.2) is 0 Å². The molecule has 2 N–H and O–H groups in total. The second-order valence-electron chi connectivity index (χ2n) is 8.56. The number of nitrogens with zero attached hydrogens (tertiary/aromatic N) is 1. The molecule has 0 saturated heterocycles. The molecular weight excluding hydrogens is 442 g/mol. The first-order chi connectivity index (χ1) is 16.7. The maximum Gasteiger partial charge on any atom is 0.268 e. The van der Waals surface area contributed by atoms with Crippen LogP contribution in [0.2, 0.25) is 0 Å². The van der Waals surface area contributed by atoms with Crippen LogP contribution in [-0.2, 0) is 13.0 Å². The first kappa shape index (κ1) is 22.6. The zero-order valence-electron chi connectivity index (χ0n) is 19.3. The van der Waals surface area contributed by atoms with Gasteiger partial charge in [-0.15, -0.1) is 0 Å². The van der Waals surface area contributed by atoms with Crippen LogP contribution in [0.25, 0.3) is 10.9 Å². The van der Waals surface area contributed by atoms with Gasteiger partial charge in [-0.3, -0.25) is 9.69 Å². The molecule has 174 valence electrons. The van der Waals surface area contributed by atoms with E-state index in [2.05, 4.69) is 51.6 Å². The van der Waals surface area contributed by atoms with Gasteiger partial charge in [-0.25, -0.2) is 0 Å². The lowest BCUT2D eigenvalue weighted by Crippen LogP contribution is -2.33. The Morgan fingerprint density at radius 1 is 1.06 bits per heavy atom. The zero-order chi connectivity index (χ0) is 23.3. The van der Waals surface area contributed by atoms with E-state index < -0.39 is 0 Å². The fourth-order valence-corrected chi connectivity index (χ4v) is 5.55. The van der Waals surface area contributed by atoms with Crippen LogP contribution in [-0.4, -0.2) is 42.5 Å². The van der Waals surface area contributed by atoms with Gasteiger partial charge in [0.2, 0.25) is 0 Å². The number of methoxy groups -OCH3 is 1. The van der Waals surface area contributed by atoms with Crippen molar-refractivity contribution in [1.82, 2.24) is 15.2 Å². The number of fused-ring (bicyclic) bond motifs is 2. The van der Waals surface area contributed by atoms with Crippen LogP contribution < -0.4 is 10.1 Å². The molecule has 5 rings (SSSR count). The van der Waals surface area contributed by atoms with Crippen LogP contribution in [0.3, 0.4) is 0 Å². The van der Waals surface area contributed by atoms with Gasteiger partial charge in [0.05, 0.1) is 17.5 Å². The molecule has 4 aromatic rings. The van der Waals surface area contributed by atoms with Crippen molar-refractivity contribution in [2.24, 2.45) is 0 Å². The summed E-state index contributed by atoms with van der Waals surface area (Å²) >= 11 is 1.61. The number of carbonyl (C=O) groups excluding carboxylic acids is 1. The monoisotopic (exact) mass is 471 g/mol. The topological polar surface area (TPSA) is 57.4 Å². The second-order valence-corrected chi connectivity index (χ2v) is 9.64. The lowest BCUT2D eigenvalue weighted by Gasteiger charge is -2.28. The Balaban J connectivity index is 1.25. The van der Waals surface area contributed by atoms with E-state index >= 15 is 0 Å². The van der Waals surface area contributed by atoms with Crippen LogP contribution in [0.4, 0.5) is 0 Å². The first-order valence-corrected chi connectivity index (χ1v) is 12.5. The second kappa shape index (κ2) is 10.4. The number of hydrogen-bond acceptors (Lipinski definition) is 4. The SMILES string of the molecule is COc1ccc2c(Sc3ccccc3)c(C(=O)NCCCN3CCc4ccccc4C3)[nH]c2c1. The molecular formula is C28H29N3O2S. The summed E-state index contributed by atoms with van der Waals surface area (Å²) in [5.41, 5.74) is 4.39. The van der Waals surface area contributed by atoms with Gasteiger partial charge in [-0.1, -0.05) is 54.2 Å². The van der Waals surface area contributed by atoms with E-state index in [9.17, 15) is 4.79 Å². The number of rotatable bonds is 8. The molecule has 1 aliphatic heterocycles. The van der Waals surface area contributed by atoms with Gasteiger partial charge in [0.25, 0.3) is 5.91 Å². The molecule has 34 heavy (non-hydrogen) atoms. The maximum atomic E-state index is 13.2. The van der Waals surface area contributed by atoms with E-state index in [0.29, 0.717) is 12.2 Å². The predicted octanol–water partition coefficient (Wildman–Crippen LogP) is 5.51. The summed E-state index contributed by atoms with van der Waals surface area (Å²) in [5.74, 6) is 0.692. The highest BCUT2D eigenvalue weighted by molar-refractivity contribution is 7.99. The largest absolute Gasteiger partial charge is 0.497 e. The summed E-state index contributed by atoms with van der Waals surface area (Å²) in [6.45, 7) is 3.69. The van der Waals surface area contributed by atoms with Gasteiger partial charge >= 0.3 is 0 Å². The quantitative estimate of drug-likeness (QED) is 0.333. The van der Waals surface area contributed by atoms with Crippen molar-refractivity contribution >= 4 is 28.6 Å². The molecule has 0 radical (unpaired) electrons. The van der Waals surface area contributed by atoms with Gasteiger partial charge in [0, 0.05) is 42.5 Å². The number of ether oxygens (including phenoxy) is 1. The van der Waals surface area contributed by atoms with Gasteiger partial charge in [-0.2, -0.15) is 0 Å². The average molecular weight is 472 g/mol. The third kappa shape index (κ3) is 4.98. The summed E-state index contributed by atoms with van der Waals surface area (Å²) in [6, 6.07) is 24.7. The Bertz CT molecular complexity index is 1290. The van der Waals surface area contributed by atoms with Crippen molar-refractivity contribution in [2.75, 3.05) is 26.7 Å². The number of H-pyrrole nitrogens is 1. The number of amides is 1. The Labute approximate surface area is 204 Å². The normalized spacial score (nSPS) is 13.6. The van der Waals surface area contributed by atoms with Crippen molar-refractivity contribution in [2.45, 2.75) is 29.2 Å². The Morgan fingerprint density at radius 2 is 1.85 bits per heavy atom. The highest BCUT2D eigenvalue weighted by Crippen LogP contribution is 2.37. The number of carbonyl (C=O) groups is 1. The Kier molecular flexibility index (Phi) is 6.88. The molecule has 2 heterocycles. The Hall–Kier alpha value is -3.22. The molecule has 1 aliphatic rings. The molecule has 0 aliphatic carbocycles. The van der Waals surface area contributed by atoms with E-state index in [1.807, 2.05) is 36.4 Å². The minimum absolute atomic E-state index is 0.0717. The van der Waals surface area contributed by atoms with E-state index in [0.717, 1.165) is 58.9 Å². The third-order valence-electron chi connectivity index (χ3n) is 6.29. The van der Waals surface area contributed by atoms with Crippen molar-refractivity contribution in [3.8, 4) is 5.75 Å². The predicted molar refractivity (Wildman–Crippen MR) is 138 cm³/mol. The van der Waals surface area contributed by atoms with Crippen molar-refractivity contribution in [3.63, 3.8) is 0 Å². The smallest absolute Gasteiger partial charge is 0.268 e. The summed E-state index contributed by atoms with van der Waals surface area (Å²) in [5, 5.41) is 4.15. The zero-order valence-corrected chi connectivity index (χ0v) is 20.2. The van der Waals surface area contributed by atoms with E-state index in [1.54, 1.807) is 18.9 Å². The molecule has 0 unspecified atom stereocenters. The van der Waals surface area contributed by atoms with Gasteiger partial charge < -0.3 is 15.0 Å². The van der Waals surface area contributed by atoms with Crippen LogP contribution in [0.1, 0.15) is 28.0 Å². The first-order valence-electron chi connectivity index (χ1n) is 11.7. The van der Waals surface area contributed by atoms with Crippen LogP contribution >= 0.6 is 11.8 Å². The van der Waals surface area contributed by atoms with Crippen LogP contribution in [0.15, 0.2) is 82.6 Å². The van der Waals surface area contributed by atoms with E-state index in [-0.39, 0.29) is 5.91 Å². The molecule has 6 heteroatoms. The van der Waals surface area contributed by atoms with Crippen molar-refractivity contribution in [3.05, 3.63) is 89.6 Å². The average Bonchev–Trinajstić information content (AvgIpc) is 3.24. The number of aromatic nitrogens is 1.